The van der Waals surface area contributed by atoms with Crippen molar-refractivity contribution in [1.29, 1.82) is 0 Å². The molecule has 1 unspecified atom stereocenters. The zero-order valence-electron chi connectivity index (χ0n) is 11.9. The van der Waals surface area contributed by atoms with Crippen molar-refractivity contribution >= 4 is 11.3 Å². The first-order chi connectivity index (χ1) is 9.79. The lowest BCUT2D eigenvalue weighted by Crippen LogP contribution is -2.22. The van der Waals surface area contributed by atoms with Crippen LogP contribution in [0.1, 0.15) is 36.8 Å². The fourth-order valence-electron chi connectivity index (χ4n) is 2.35. The fraction of sp³-hybridized carbons (Fsp3) is 0.412. The van der Waals surface area contributed by atoms with Crippen molar-refractivity contribution in [3.05, 3.63) is 58.0 Å². The van der Waals surface area contributed by atoms with Crippen LogP contribution in [0.4, 0.5) is 4.39 Å². The quantitative estimate of drug-likeness (QED) is 0.701. The molecular weight excluding hydrogens is 269 g/mol. The summed E-state index contributed by atoms with van der Waals surface area (Å²) in [5.74, 6) is 0.286. The van der Waals surface area contributed by atoms with Crippen LogP contribution in [-0.4, -0.2) is 13.1 Å². The van der Waals surface area contributed by atoms with Crippen LogP contribution in [0, 0.1) is 5.82 Å². The van der Waals surface area contributed by atoms with Crippen LogP contribution < -0.4 is 5.32 Å². The highest BCUT2D eigenvalue weighted by molar-refractivity contribution is 7.07. The second-order valence-electron chi connectivity index (χ2n) is 5.12. The second kappa shape index (κ2) is 8.18. The van der Waals surface area contributed by atoms with Gasteiger partial charge in [-0.2, -0.15) is 11.3 Å². The van der Waals surface area contributed by atoms with Gasteiger partial charge in [0.15, 0.2) is 0 Å². The summed E-state index contributed by atoms with van der Waals surface area (Å²) in [6.45, 7) is 4.17. The molecule has 1 N–H and O–H groups in total. The summed E-state index contributed by atoms with van der Waals surface area (Å²) in [5, 5.41) is 7.82. The maximum absolute atomic E-state index is 13.1. The maximum atomic E-state index is 13.1. The number of aryl methyl sites for hydroxylation is 1. The first-order valence-electron chi connectivity index (χ1n) is 7.27. The Hall–Kier alpha value is -1.19. The number of benzene rings is 1. The van der Waals surface area contributed by atoms with Crippen LogP contribution in [0.15, 0.2) is 41.1 Å². The van der Waals surface area contributed by atoms with Gasteiger partial charge in [0.05, 0.1) is 0 Å². The minimum atomic E-state index is -0.160. The molecule has 0 fully saturated rings. The Balaban J connectivity index is 1.97. The first-order valence-corrected chi connectivity index (χ1v) is 8.21. The van der Waals surface area contributed by atoms with Crippen LogP contribution in [0.2, 0.25) is 0 Å². The zero-order valence-corrected chi connectivity index (χ0v) is 12.8. The molecule has 0 spiro atoms. The molecule has 108 valence electrons. The number of hydrogen-bond donors (Lipinski definition) is 1. The van der Waals surface area contributed by atoms with E-state index in [4.69, 9.17) is 0 Å². The average Bonchev–Trinajstić information content (AvgIpc) is 2.97. The van der Waals surface area contributed by atoms with Crippen molar-refractivity contribution in [2.45, 2.75) is 32.1 Å². The molecule has 1 atom stereocenters. The lowest BCUT2D eigenvalue weighted by Gasteiger charge is -2.18. The zero-order chi connectivity index (χ0) is 14.2. The molecule has 1 aromatic heterocycles. The summed E-state index contributed by atoms with van der Waals surface area (Å²) in [6.07, 6.45) is 3.32. The van der Waals surface area contributed by atoms with Crippen LogP contribution >= 0.6 is 11.3 Å². The van der Waals surface area contributed by atoms with Gasteiger partial charge >= 0.3 is 0 Å². The third kappa shape index (κ3) is 4.73. The monoisotopic (exact) mass is 291 g/mol. The largest absolute Gasteiger partial charge is 0.316 e. The summed E-state index contributed by atoms with van der Waals surface area (Å²) < 4.78 is 13.1. The van der Waals surface area contributed by atoms with E-state index in [2.05, 4.69) is 29.1 Å². The van der Waals surface area contributed by atoms with Crippen molar-refractivity contribution in [3.8, 4) is 0 Å². The second-order valence-corrected chi connectivity index (χ2v) is 5.90. The molecule has 20 heavy (non-hydrogen) atoms. The Labute approximate surface area is 124 Å². The summed E-state index contributed by atoms with van der Waals surface area (Å²) in [6, 6.07) is 9.15. The number of rotatable bonds is 8. The molecule has 0 radical (unpaired) electrons. The van der Waals surface area contributed by atoms with Gasteiger partial charge in [0.25, 0.3) is 0 Å². The Morgan fingerprint density at radius 2 is 2.00 bits per heavy atom. The molecule has 0 saturated heterocycles. The van der Waals surface area contributed by atoms with Gasteiger partial charge in [-0.05, 0) is 71.8 Å². The summed E-state index contributed by atoms with van der Waals surface area (Å²) in [5.41, 5.74) is 2.63. The van der Waals surface area contributed by atoms with Gasteiger partial charge in [0.2, 0.25) is 0 Å². The van der Waals surface area contributed by atoms with Gasteiger partial charge in [-0.25, -0.2) is 4.39 Å². The molecule has 0 bridgehead atoms. The number of hydrogen-bond acceptors (Lipinski definition) is 2. The molecule has 0 aliphatic carbocycles. The number of thiophene rings is 1. The van der Waals surface area contributed by atoms with Crippen LogP contribution in [0.3, 0.4) is 0 Å². The molecule has 2 rings (SSSR count). The topological polar surface area (TPSA) is 12.0 Å². The lowest BCUT2D eigenvalue weighted by atomic mass is 9.92. The highest BCUT2D eigenvalue weighted by atomic mass is 32.1. The van der Waals surface area contributed by atoms with Gasteiger partial charge in [-0.15, -0.1) is 0 Å². The predicted molar refractivity (Wildman–Crippen MR) is 84.9 cm³/mol. The van der Waals surface area contributed by atoms with Crippen LogP contribution in [-0.2, 0) is 6.42 Å². The Bertz CT molecular complexity index is 478. The van der Waals surface area contributed by atoms with Crippen molar-refractivity contribution in [2.75, 3.05) is 13.1 Å². The normalized spacial score (nSPS) is 12.5. The molecule has 3 heteroatoms. The molecular formula is C17H22FNS. The SMILES string of the molecule is CCCNCC(CCc1ccsc1)c1ccc(F)cc1. The first kappa shape index (κ1) is 15.2. The van der Waals surface area contributed by atoms with Gasteiger partial charge in [0.1, 0.15) is 5.82 Å². The van der Waals surface area contributed by atoms with E-state index in [1.165, 1.54) is 11.1 Å². The van der Waals surface area contributed by atoms with Gasteiger partial charge in [-0.3, -0.25) is 0 Å². The van der Waals surface area contributed by atoms with E-state index >= 15 is 0 Å². The minimum Gasteiger partial charge on any atom is -0.316 e. The summed E-state index contributed by atoms with van der Waals surface area (Å²) >= 11 is 1.75. The predicted octanol–water partition coefficient (Wildman–Crippen LogP) is 4.60. The molecule has 0 saturated carbocycles. The van der Waals surface area contributed by atoms with Crippen LogP contribution in [0.5, 0.6) is 0 Å². The van der Waals surface area contributed by atoms with Gasteiger partial charge < -0.3 is 5.32 Å². The van der Waals surface area contributed by atoms with Crippen molar-refractivity contribution in [3.63, 3.8) is 0 Å². The fourth-order valence-corrected chi connectivity index (χ4v) is 3.05. The van der Waals surface area contributed by atoms with Gasteiger partial charge in [0, 0.05) is 6.54 Å². The van der Waals surface area contributed by atoms with Crippen molar-refractivity contribution in [2.24, 2.45) is 0 Å². The van der Waals surface area contributed by atoms with E-state index < -0.39 is 0 Å². The smallest absolute Gasteiger partial charge is 0.123 e. The lowest BCUT2D eigenvalue weighted by molar-refractivity contribution is 0.547. The van der Waals surface area contributed by atoms with Crippen LogP contribution in [0.25, 0.3) is 0 Å². The van der Waals surface area contributed by atoms with E-state index in [9.17, 15) is 4.39 Å². The van der Waals surface area contributed by atoms with Gasteiger partial charge in [-0.1, -0.05) is 19.1 Å². The maximum Gasteiger partial charge on any atom is 0.123 e. The molecule has 0 amide bonds. The summed E-state index contributed by atoms with van der Waals surface area (Å²) in [4.78, 5) is 0. The van der Waals surface area contributed by atoms with E-state index in [0.717, 1.165) is 32.4 Å². The number of halogens is 1. The highest BCUT2D eigenvalue weighted by Gasteiger charge is 2.11. The Morgan fingerprint density at radius 3 is 2.65 bits per heavy atom. The van der Waals surface area contributed by atoms with Crippen molar-refractivity contribution < 1.29 is 4.39 Å². The van der Waals surface area contributed by atoms with E-state index in [0.29, 0.717) is 5.92 Å². The van der Waals surface area contributed by atoms with Crippen molar-refractivity contribution in [1.82, 2.24) is 5.32 Å². The Morgan fingerprint density at radius 1 is 1.20 bits per heavy atom. The summed E-state index contributed by atoms with van der Waals surface area (Å²) in [7, 11) is 0. The molecule has 1 aromatic carbocycles. The molecule has 2 aromatic rings. The molecule has 1 heterocycles. The van der Waals surface area contributed by atoms with E-state index in [-0.39, 0.29) is 5.82 Å². The average molecular weight is 291 g/mol. The van der Waals surface area contributed by atoms with E-state index in [1.54, 1.807) is 23.5 Å². The highest BCUT2D eigenvalue weighted by Crippen LogP contribution is 2.22. The number of nitrogens with one attached hydrogen (secondary N) is 1. The third-order valence-electron chi connectivity index (χ3n) is 3.52. The standard InChI is InChI=1S/C17H22FNS/c1-2-10-19-12-16(4-3-14-9-11-20-13-14)15-5-7-17(18)8-6-15/h5-9,11,13,16,19H,2-4,10,12H2,1H3. The molecule has 1 nitrogen and oxygen atoms in total. The third-order valence-corrected chi connectivity index (χ3v) is 4.25. The minimum absolute atomic E-state index is 0.160. The molecule has 0 aliphatic heterocycles. The molecule has 0 aliphatic rings. The van der Waals surface area contributed by atoms with E-state index in [1.807, 2.05) is 12.1 Å². The Kier molecular flexibility index (Phi) is 6.22.